The normalized spacial score (nSPS) is 11.6. The van der Waals surface area contributed by atoms with E-state index in [1.165, 1.54) is 19.1 Å². The number of hydrogen-bond acceptors (Lipinski definition) is 2. The van der Waals surface area contributed by atoms with Crippen LogP contribution >= 0.6 is 0 Å². The van der Waals surface area contributed by atoms with Crippen LogP contribution in [-0.4, -0.2) is 18.4 Å². The number of carbonyl (C=O) groups excluding carboxylic acids is 2. The molecule has 0 radical (unpaired) electrons. The quantitative estimate of drug-likeness (QED) is 0.609. The van der Waals surface area contributed by atoms with Crippen molar-refractivity contribution in [3.8, 4) is 0 Å². The number of hydrogen-bond donors (Lipinski definition) is 1. The van der Waals surface area contributed by atoms with E-state index in [1.807, 2.05) is 0 Å². The molecule has 0 spiro atoms. The highest BCUT2D eigenvalue weighted by atomic mass is 19.2. The van der Waals surface area contributed by atoms with Crippen molar-refractivity contribution < 1.29 is 14.1 Å². The van der Waals surface area contributed by atoms with Crippen LogP contribution < -0.4 is 10.4 Å². The van der Waals surface area contributed by atoms with Crippen LogP contribution in [0.25, 0.3) is 0 Å². The van der Waals surface area contributed by atoms with Gasteiger partial charge in [0.1, 0.15) is 6.29 Å². The summed E-state index contributed by atoms with van der Waals surface area (Å²) in [6.45, 7) is 1.46. The standard InChI is InChI=1S/C10H11FN2O2/c1-8(7-14)12-10(15)13(11)9-5-3-2-4-6-9/h2-8H,1H3,(H,12,15). The summed E-state index contributed by atoms with van der Waals surface area (Å²) in [6, 6.07) is 6.16. The topological polar surface area (TPSA) is 49.4 Å². The van der Waals surface area contributed by atoms with Gasteiger partial charge in [0.25, 0.3) is 0 Å². The van der Waals surface area contributed by atoms with Crippen molar-refractivity contribution in [1.29, 1.82) is 0 Å². The molecule has 0 saturated heterocycles. The number of rotatable bonds is 3. The number of carbonyl (C=O) groups is 2. The number of benzene rings is 1. The molecule has 15 heavy (non-hydrogen) atoms. The van der Waals surface area contributed by atoms with Gasteiger partial charge in [0.2, 0.25) is 0 Å². The van der Waals surface area contributed by atoms with E-state index in [0.29, 0.717) is 6.29 Å². The number of halogens is 1. The maximum absolute atomic E-state index is 13.3. The fraction of sp³-hybridized carbons (Fsp3) is 0.200. The Morgan fingerprint density at radius 3 is 2.60 bits per heavy atom. The van der Waals surface area contributed by atoms with Crippen LogP contribution in [0.5, 0.6) is 0 Å². The molecular weight excluding hydrogens is 199 g/mol. The van der Waals surface area contributed by atoms with Gasteiger partial charge in [-0.15, -0.1) is 5.12 Å². The minimum absolute atomic E-state index is 0.0417. The lowest BCUT2D eigenvalue weighted by molar-refractivity contribution is -0.109. The lowest BCUT2D eigenvalue weighted by atomic mass is 10.3. The smallest absolute Gasteiger partial charge is 0.326 e. The minimum atomic E-state index is -0.958. The van der Waals surface area contributed by atoms with Gasteiger partial charge in [0.05, 0.1) is 11.7 Å². The number of nitrogens with one attached hydrogen (secondary N) is 1. The van der Waals surface area contributed by atoms with E-state index in [1.54, 1.807) is 18.2 Å². The maximum Gasteiger partial charge on any atom is 0.350 e. The highest BCUT2D eigenvalue weighted by Gasteiger charge is 2.16. The van der Waals surface area contributed by atoms with E-state index in [4.69, 9.17) is 0 Å². The summed E-state index contributed by atoms with van der Waals surface area (Å²) in [7, 11) is 0. The van der Waals surface area contributed by atoms with Crippen molar-refractivity contribution in [2.45, 2.75) is 13.0 Å². The SMILES string of the molecule is CC(C=O)NC(=O)N(F)c1ccccc1. The molecular formula is C10H11FN2O2. The van der Waals surface area contributed by atoms with E-state index in [0.717, 1.165) is 0 Å². The second-order valence-electron chi connectivity index (χ2n) is 2.99. The van der Waals surface area contributed by atoms with Crippen LogP contribution in [0.3, 0.4) is 0 Å². The third-order valence-corrected chi connectivity index (χ3v) is 1.72. The fourth-order valence-electron chi connectivity index (χ4n) is 0.962. The molecule has 0 fully saturated rings. The Kier molecular flexibility index (Phi) is 3.79. The number of urea groups is 1. The average molecular weight is 210 g/mol. The molecule has 0 aromatic heterocycles. The van der Waals surface area contributed by atoms with Crippen molar-refractivity contribution in [2.24, 2.45) is 0 Å². The van der Waals surface area contributed by atoms with Gasteiger partial charge in [0.15, 0.2) is 0 Å². The molecule has 0 heterocycles. The third kappa shape index (κ3) is 3.05. The largest absolute Gasteiger partial charge is 0.350 e. The first-order valence-corrected chi connectivity index (χ1v) is 4.42. The van der Waals surface area contributed by atoms with E-state index >= 15 is 0 Å². The first-order chi connectivity index (χ1) is 7.15. The van der Waals surface area contributed by atoms with Crippen LogP contribution in [0.2, 0.25) is 0 Å². The molecule has 1 rings (SSSR count). The molecule has 0 aliphatic rings. The molecule has 0 bridgehead atoms. The van der Waals surface area contributed by atoms with Crippen LogP contribution in [-0.2, 0) is 4.79 Å². The summed E-state index contributed by atoms with van der Waals surface area (Å²) < 4.78 is 13.3. The summed E-state index contributed by atoms with van der Waals surface area (Å²) in [5.41, 5.74) is 0.119. The molecule has 1 N–H and O–H groups in total. The van der Waals surface area contributed by atoms with Gasteiger partial charge in [0, 0.05) is 0 Å². The Morgan fingerprint density at radius 2 is 2.07 bits per heavy atom. The molecule has 0 saturated carbocycles. The summed E-state index contributed by atoms with van der Waals surface area (Å²) in [5.74, 6) is 0. The van der Waals surface area contributed by atoms with Gasteiger partial charge < -0.3 is 10.1 Å². The van der Waals surface area contributed by atoms with Gasteiger partial charge in [-0.25, -0.2) is 4.79 Å². The van der Waals surface area contributed by atoms with Gasteiger partial charge >= 0.3 is 6.03 Å². The second kappa shape index (κ2) is 5.09. The van der Waals surface area contributed by atoms with Gasteiger partial charge in [-0.2, -0.15) is 0 Å². The van der Waals surface area contributed by atoms with Gasteiger partial charge in [-0.05, 0) is 19.1 Å². The first-order valence-electron chi connectivity index (χ1n) is 4.42. The molecule has 4 nitrogen and oxygen atoms in total. The molecule has 1 aromatic carbocycles. The number of aldehydes is 1. The van der Waals surface area contributed by atoms with Gasteiger partial charge in [-0.1, -0.05) is 22.7 Å². The highest BCUT2D eigenvalue weighted by molar-refractivity contribution is 5.91. The fourth-order valence-corrected chi connectivity index (χ4v) is 0.962. The number of anilines is 1. The summed E-state index contributed by atoms with van der Waals surface area (Å²) >= 11 is 0. The Balaban J connectivity index is 2.65. The second-order valence-corrected chi connectivity index (χ2v) is 2.99. The minimum Gasteiger partial charge on any atom is -0.326 e. The molecule has 5 heteroatoms. The Bertz CT molecular complexity index is 343. The summed E-state index contributed by atoms with van der Waals surface area (Å²) in [6.07, 6.45) is 0.525. The van der Waals surface area contributed by atoms with Gasteiger partial charge in [-0.3, -0.25) is 0 Å². The van der Waals surface area contributed by atoms with Crippen LogP contribution in [0.1, 0.15) is 6.92 Å². The van der Waals surface area contributed by atoms with Crippen LogP contribution in [0.15, 0.2) is 30.3 Å². The monoisotopic (exact) mass is 210 g/mol. The Labute approximate surface area is 86.6 Å². The van der Waals surface area contributed by atoms with Crippen molar-refractivity contribution in [3.05, 3.63) is 30.3 Å². The predicted octanol–water partition coefficient (Wildman–Crippen LogP) is 1.67. The van der Waals surface area contributed by atoms with E-state index < -0.39 is 12.1 Å². The van der Waals surface area contributed by atoms with Crippen molar-refractivity contribution in [1.82, 2.24) is 5.32 Å². The highest BCUT2D eigenvalue weighted by Crippen LogP contribution is 2.13. The zero-order chi connectivity index (χ0) is 11.3. The molecule has 1 atom stereocenters. The molecule has 1 unspecified atom stereocenters. The van der Waals surface area contributed by atoms with E-state index in [2.05, 4.69) is 5.32 Å². The predicted molar refractivity (Wildman–Crippen MR) is 54.1 cm³/mol. The lowest BCUT2D eigenvalue weighted by Crippen LogP contribution is -2.40. The molecule has 1 aromatic rings. The molecule has 0 aliphatic heterocycles. The number of nitrogens with zero attached hydrogens (tertiary/aromatic N) is 1. The van der Waals surface area contributed by atoms with E-state index in [-0.39, 0.29) is 10.8 Å². The summed E-state index contributed by atoms with van der Waals surface area (Å²) in [5, 5.41) is 2.13. The molecule has 80 valence electrons. The maximum atomic E-state index is 13.3. The molecule has 2 amide bonds. The lowest BCUT2D eigenvalue weighted by Gasteiger charge is -2.14. The van der Waals surface area contributed by atoms with Crippen LogP contribution in [0, 0.1) is 0 Å². The van der Waals surface area contributed by atoms with E-state index in [9.17, 15) is 14.1 Å². The zero-order valence-corrected chi connectivity index (χ0v) is 8.18. The number of amides is 2. The molecule has 0 aliphatic carbocycles. The summed E-state index contributed by atoms with van der Waals surface area (Å²) in [4.78, 5) is 21.4. The average Bonchev–Trinajstić information content (AvgIpc) is 2.29. The number of para-hydroxylation sites is 1. The zero-order valence-electron chi connectivity index (χ0n) is 8.18. The Morgan fingerprint density at radius 1 is 1.47 bits per heavy atom. The van der Waals surface area contributed by atoms with Crippen LogP contribution in [0.4, 0.5) is 15.0 Å². The Hall–Kier alpha value is -1.91. The van der Waals surface area contributed by atoms with Crippen molar-refractivity contribution in [3.63, 3.8) is 0 Å². The van der Waals surface area contributed by atoms with Crippen molar-refractivity contribution in [2.75, 3.05) is 5.12 Å². The van der Waals surface area contributed by atoms with Crippen molar-refractivity contribution >= 4 is 18.0 Å². The first kappa shape index (κ1) is 11.2. The third-order valence-electron chi connectivity index (χ3n) is 1.72.